The smallest absolute Gasteiger partial charge is 0.337 e. The van der Waals surface area contributed by atoms with Crippen LogP contribution < -0.4 is 0 Å². The highest BCUT2D eigenvalue weighted by molar-refractivity contribution is 5.89. The molecule has 0 aromatic carbocycles. The van der Waals surface area contributed by atoms with Gasteiger partial charge in [0, 0.05) is 12.3 Å². The number of fused-ring (bicyclic) bond motifs is 1. The predicted molar refractivity (Wildman–Crippen MR) is 52.0 cm³/mol. The average molecular weight is 226 g/mol. The van der Waals surface area contributed by atoms with Crippen molar-refractivity contribution in [3.63, 3.8) is 0 Å². The fourth-order valence-corrected chi connectivity index (χ4v) is 2.82. The molecule has 3 saturated heterocycles. The lowest BCUT2D eigenvalue weighted by Crippen LogP contribution is -2.57. The van der Waals surface area contributed by atoms with Crippen molar-refractivity contribution in [2.75, 3.05) is 7.11 Å². The molecule has 4 rings (SSSR count). The van der Waals surface area contributed by atoms with Gasteiger partial charge < -0.3 is 18.9 Å². The van der Waals surface area contributed by atoms with Crippen LogP contribution in [0.25, 0.3) is 0 Å². The summed E-state index contributed by atoms with van der Waals surface area (Å²) in [5, 5.41) is 0. The van der Waals surface area contributed by atoms with E-state index in [0.717, 1.165) is 0 Å². The van der Waals surface area contributed by atoms with Crippen molar-refractivity contribution in [3.8, 4) is 0 Å². The molecule has 3 fully saturated rings. The summed E-state index contributed by atoms with van der Waals surface area (Å²) in [4.78, 5) is 11.6. The first-order chi connectivity index (χ1) is 7.70. The molecule has 0 saturated carbocycles. The normalized spacial score (nSPS) is 44.6. The van der Waals surface area contributed by atoms with Gasteiger partial charge in [-0.15, -0.1) is 0 Å². The molecule has 0 radical (unpaired) electrons. The van der Waals surface area contributed by atoms with Crippen LogP contribution in [0.2, 0.25) is 0 Å². The van der Waals surface area contributed by atoms with Gasteiger partial charge in [0.15, 0.2) is 6.29 Å². The molecule has 4 aliphatic rings. The lowest BCUT2D eigenvalue weighted by atomic mass is 9.75. The second kappa shape index (κ2) is 3.46. The molecule has 0 aromatic heterocycles. The van der Waals surface area contributed by atoms with Crippen LogP contribution in [0, 0.1) is 11.8 Å². The number of hydrogen-bond acceptors (Lipinski definition) is 5. The molecule has 0 spiro atoms. The van der Waals surface area contributed by atoms with E-state index < -0.39 is 0 Å². The first kappa shape index (κ1) is 10.1. The largest absolute Gasteiger partial charge is 0.471 e. The topological polar surface area (TPSA) is 54.0 Å². The Morgan fingerprint density at radius 1 is 1.50 bits per heavy atom. The van der Waals surface area contributed by atoms with E-state index in [1.807, 2.05) is 6.92 Å². The Morgan fingerprint density at radius 2 is 2.31 bits per heavy atom. The summed E-state index contributed by atoms with van der Waals surface area (Å²) in [7, 11) is 1.38. The Balaban J connectivity index is 1.93. The van der Waals surface area contributed by atoms with E-state index >= 15 is 0 Å². The first-order valence-electron chi connectivity index (χ1n) is 5.45. The summed E-state index contributed by atoms with van der Waals surface area (Å²) in [6.07, 6.45) is 1.70. The number of methoxy groups -OCH3 is 1. The number of esters is 1. The Kier molecular flexibility index (Phi) is 2.19. The molecule has 5 nitrogen and oxygen atoms in total. The van der Waals surface area contributed by atoms with Crippen LogP contribution in [0.1, 0.15) is 13.3 Å². The van der Waals surface area contributed by atoms with Gasteiger partial charge in [-0.1, -0.05) is 0 Å². The van der Waals surface area contributed by atoms with Gasteiger partial charge in [-0.2, -0.15) is 0 Å². The summed E-state index contributed by atoms with van der Waals surface area (Å²) in [6.45, 7) is 1.99. The maximum absolute atomic E-state index is 11.6. The third kappa shape index (κ3) is 1.28. The molecule has 5 atom stereocenters. The van der Waals surface area contributed by atoms with E-state index in [1.165, 1.54) is 13.4 Å². The van der Waals surface area contributed by atoms with Crippen molar-refractivity contribution in [3.05, 3.63) is 11.8 Å². The van der Waals surface area contributed by atoms with Crippen molar-refractivity contribution in [2.45, 2.75) is 32.0 Å². The van der Waals surface area contributed by atoms with E-state index in [0.29, 0.717) is 12.0 Å². The molecule has 0 N–H and O–H groups in total. The third-order valence-corrected chi connectivity index (χ3v) is 3.57. The molecule has 0 unspecified atom stereocenters. The Bertz CT molecular complexity index is 350. The van der Waals surface area contributed by atoms with E-state index in [9.17, 15) is 4.79 Å². The molecule has 5 heteroatoms. The predicted octanol–water partition coefficient (Wildman–Crippen LogP) is 0.797. The Morgan fingerprint density at radius 3 is 3.00 bits per heavy atom. The minimum absolute atomic E-state index is 0.0517. The van der Waals surface area contributed by atoms with Crippen molar-refractivity contribution in [1.29, 1.82) is 0 Å². The van der Waals surface area contributed by atoms with Crippen LogP contribution in [0.5, 0.6) is 0 Å². The van der Waals surface area contributed by atoms with E-state index in [2.05, 4.69) is 0 Å². The average Bonchev–Trinajstić information content (AvgIpc) is 2.27. The number of hydrogen-bond donors (Lipinski definition) is 0. The molecular formula is C11H14O5. The zero-order valence-corrected chi connectivity index (χ0v) is 9.21. The number of carbonyl (C=O) groups excluding carboxylic acids is 1. The molecule has 0 amide bonds. The van der Waals surface area contributed by atoms with Crippen LogP contribution in [-0.4, -0.2) is 31.8 Å². The monoisotopic (exact) mass is 226 g/mol. The highest BCUT2D eigenvalue weighted by Crippen LogP contribution is 2.47. The Hall–Kier alpha value is -1.07. The van der Waals surface area contributed by atoms with Gasteiger partial charge in [0.05, 0.1) is 31.0 Å². The molecular weight excluding hydrogens is 212 g/mol. The fourth-order valence-electron chi connectivity index (χ4n) is 2.82. The van der Waals surface area contributed by atoms with Gasteiger partial charge in [0.1, 0.15) is 0 Å². The maximum atomic E-state index is 11.6. The maximum Gasteiger partial charge on any atom is 0.337 e. The zero-order chi connectivity index (χ0) is 11.3. The van der Waals surface area contributed by atoms with Crippen molar-refractivity contribution in [1.82, 2.24) is 0 Å². The van der Waals surface area contributed by atoms with Crippen LogP contribution in [0.15, 0.2) is 11.8 Å². The first-order valence-corrected chi connectivity index (χ1v) is 5.45. The van der Waals surface area contributed by atoms with Crippen LogP contribution >= 0.6 is 0 Å². The minimum Gasteiger partial charge on any atom is -0.471 e. The summed E-state index contributed by atoms with van der Waals surface area (Å²) < 4.78 is 21.3. The summed E-state index contributed by atoms with van der Waals surface area (Å²) in [5.74, 6) is -0.0963. The SMILES string of the molecule is COC(=O)C1=CO[C@@H]2O[C@@H]3C[C@@H]1[C@H]2[C@H](C)O3. The quantitative estimate of drug-likeness (QED) is 0.619. The van der Waals surface area contributed by atoms with Gasteiger partial charge in [-0.05, 0) is 6.92 Å². The molecule has 16 heavy (non-hydrogen) atoms. The highest BCUT2D eigenvalue weighted by atomic mass is 16.8. The zero-order valence-electron chi connectivity index (χ0n) is 9.21. The van der Waals surface area contributed by atoms with Crippen LogP contribution in [0.4, 0.5) is 0 Å². The number of ether oxygens (including phenoxy) is 4. The standard InChI is InChI=1S/C11H14O5/c1-5-9-6-3-8(15-5)16-11(9)14-4-7(6)10(12)13-2/h4-6,8-9,11H,3H2,1-2H3/t5-,6-,8+,9+,11+/m0/s1. The fraction of sp³-hybridized carbons (Fsp3) is 0.727. The van der Waals surface area contributed by atoms with Gasteiger partial charge >= 0.3 is 5.97 Å². The lowest BCUT2D eigenvalue weighted by molar-refractivity contribution is -0.363. The van der Waals surface area contributed by atoms with Crippen molar-refractivity contribution in [2.24, 2.45) is 11.8 Å². The molecule has 4 heterocycles. The number of rotatable bonds is 1. The lowest BCUT2D eigenvalue weighted by Gasteiger charge is -2.51. The van der Waals surface area contributed by atoms with Crippen molar-refractivity contribution >= 4 is 5.97 Å². The molecule has 0 aromatic rings. The van der Waals surface area contributed by atoms with Gasteiger partial charge in [-0.25, -0.2) is 4.79 Å². The highest BCUT2D eigenvalue weighted by Gasteiger charge is 2.53. The van der Waals surface area contributed by atoms with E-state index in [4.69, 9.17) is 18.9 Å². The van der Waals surface area contributed by atoms with Crippen molar-refractivity contribution < 1.29 is 23.7 Å². The molecule has 88 valence electrons. The summed E-state index contributed by atoms with van der Waals surface area (Å²) >= 11 is 0. The van der Waals surface area contributed by atoms with Gasteiger partial charge in [0.25, 0.3) is 0 Å². The number of carbonyl (C=O) groups is 1. The molecule has 4 bridgehead atoms. The van der Waals surface area contributed by atoms with E-state index in [1.54, 1.807) is 0 Å². The third-order valence-electron chi connectivity index (χ3n) is 3.57. The second-order valence-electron chi connectivity index (χ2n) is 4.40. The van der Waals surface area contributed by atoms with Gasteiger partial charge in [-0.3, -0.25) is 0 Å². The van der Waals surface area contributed by atoms with Gasteiger partial charge in [0.2, 0.25) is 6.29 Å². The summed E-state index contributed by atoms with van der Waals surface area (Å²) in [6, 6.07) is 0. The minimum atomic E-state index is -0.316. The molecule has 4 aliphatic heterocycles. The van der Waals surface area contributed by atoms with Crippen LogP contribution in [-0.2, 0) is 23.7 Å². The summed E-state index contributed by atoms with van der Waals surface area (Å²) in [5.41, 5.74) is 0.604. The Labute approximate surface area is 93.3 Å². The second-order valence-corrected chi connectivity index (χ2v) is 4.40. The van der Waals surface area contributed by atoms with E-state index in [-0.39, 0.29) is 36.5 Å². The van der Waals surface area contributed by atoms with Crippen LogP contribution in [0.3, 0.4) is 0 Å². The molecule has 0 aliphatic carbocycles.